The fourth-order valence-corrected chi connectivity index (χ4v) is 6.89. The third-order valence-electron chi connectivity index (χ3n) is 8.70. The van der Waals surface area contributed by atoms with Gasteiger partial charge in [-0.05, 0) is 79.0 Å². The zero-order chi connectivity index (χ0) is 29.6. The van der Waals surface area contributed by atoms with Gasteiger partial charge in [0.05, 0.1) is 6.42 Å². The number of hydrogen-bond acceptors (Lipinski definition) is 4. The van der Waals surface area contributed by atoms with Crippen LogP contribution >= 0.6 is 0 Å². The number of carbonyl (C=O) groups is 4. The predicted molar refractivity (Wildman–Crippen MR) is 162 cm³/mol. The fourth-order valence-electron chi connectivity index (χ4n) is 6.89. The normalized spacial score (nSPS) is 16.8. The minimum absolute atomic E-state index is 0.000479. The van der Waals surface area contributed by atoms with Gasteiger partial charge in [-0.2, -0.15) is 0 Å². The highest BCUT2D eigenvalue weighted by atomic mass is 16.1. The molecule has 40 heavy (non-hydrogen) atoms. The summed E-state index contributed by atoms with van der Waals surface area (Å²) in [7, 11) is 0. The summed E-state index contributed by atoms with van der Waals surface area (Å²) >= 11 is 0. The molecule has 0 saturated heterocycles. The Kier molecular flexibility index (Phi) is 10.8. The topological polar surface area (TPSA) is 68.3 Å². The number of carbonyl (C=O) groups excluding carboxylic acids is 4. The second-order valence-corrected chi connectivity index (χ2v) is 12.9. The van der Waals surface area contributed by atoms with Crippen molar-refractivity contribution in [1.82, 2.24) is 0 Å². The van der Waals surface area contributed by atoms with Crippen molar-refractivity contribution in [3.8, 4) is 0 Å². The van der Waals surface area contributed by atoms with E-state index in [2.05, 4.69) is 40.7 Å². The minimum atomic E-state index is -0.145. The number of Topliss-reactive ketones (excluding diaryl/α,β-unsaturated/α-hetero) is 4. The molecule has 0 saturated carbocycles. The molecule has 1 aliphatic rings. The number of aryl methyl sites for hydroxylation is 1. The molecule has 0 radical (unpaired) electrons. The molecule has 0 bridgehead atoms. The van der Waals surface area contributed by atoms with Crippen molar-refractivity contribution in [2.24, 2.45) is 17.8 Å². The van der Waals surface area contributed by atoms with Crippen LogP contribution in [0.15, 0.2) is 36.4 Å². The van der Waals surface area contributed by atoms with E-state index in [1.165, 1.54) is 12.5 Å². The zero-order valence-electron chi connectivity index (χ0n) is 25.7. The summed E-state index contributed by atoms with van der Waals surface area (Å²) in [5, 5.41) is 0. The third-order valence-corrected chi connectivity index (χ3v) is 8.70. The molecule has 0 aromatic heterocycles. The molecule has 2 aromatic rings. The SMILES string of the molecule is CCCC(CC1CC(=O)c2c(C)c(C(C)(C)C)cc(CCC(=O)c3ccccc3)c2C1)C(CC)C(=O)CC(C)=O. The van der Waals surface area contributed by atoms with Gasteiger partial charge in [-0.25, -0.2) is 0 Å². The average Bonchev–Trinajstić information content (AvgIpc) is 2.87. The Morgan fingerprint density at radius 2 is 1.70 bits per heavy atom. The summed E-state index contributed by atoms with van der Waals surface area (Å²) in [6, 6.07) is 11.7. The van der Waals surface area contributed by atoms with Crippen LogP contribution in [0.5, 0.6) is 0 Å². The summed E-state index contributed by atoms with van der Waals surface area (Å²) in [5.41, 5.74) is 5.91. The largest absolute Gasteiger partial charge is 0.300 e. The van der Waals surface area contributed by atoms with E-state index < -0.39 is 0 Å². The average molecular weight is 545 g/mol. The molecule has 1 aliphatic carbocycles. The number of ketones is 4. The van der Waals surface area contributed by atoms with Crippen molar-refractivity contribution in [3.05, 3.63) is 69.8 Å². The van der Waals surface area contributed by atoms with Crippen molar-refractivity contribution in [1.29, 1.82) is 0 Å². The van der Waals surface area contributed by atoms with Crippen LogP contribution in [0.1, 0.15) is 129 Å². The van der Waals surface area contributed by atoms with Gasteiger partial charge in [-0.3, -0.25) is 19.2 Å². The Labute approximate surface area is 241 Å². The molecular formula is C36H48O4. The van der Waals surface area contributed by atoms with Crippen LogP contribution in [-0.4, -0.2) is 23.1 Å². The van der Waals surface area contributed by atoms with Crippen LogP contribution in [0.4, 0.5) is 0 Å². The van der Waals surface area contributed by atoms with Crippen LogP contribution in [0, 0.1) is 24.7 Å². The van der Waals surface area contributed by atoms with Gasteiger partial charge in [0, 0.05) is 29.9 Å². The maximum absolute atomic E-state index is 13.8. The molecule has 2 aromatic carbocycles. The highest BCUT2D eigenvalue weighted by molar-refractivity contribution is 6.01. The van der Waals surface area contributed by atoms with Crippen LogP contribution < -0.4 is 0 Å². The summed E-state index contributed by atoms with van der Waals surface area (Å²) in [6.45, 7) is 14.2. The lowest BCUT2D eigenvalue weighted by Crippen LogP contribution is -2.31. The molecule has 0 amide bonds. The number of hydrogen-bond donors (Lipinski definition) is 0. The summed E-state index contributed by atoms with van der Waals surface area (Å²) in [5.74, 6) is 0.432. The van der Waals surface area contributed by atoms with E-state index in [0.29, 0.717) is 19.3 Å². The highest BCUT2D eigenvalue weighted by Gasteiger charge is 2.35. The molecule has 0 heterocycles. The lowest BCUT2D eigenvalue weighted by Gasteiger charge is -2.34. The van der Waals surface area contributed by atoms with Crippen LogP contribution in [-0.2, 0) is 27.8 Å². The summed E-state index contributed by atoms with van der Waals surface area (Å²) < 4.78 is 0. The van der Waals surface area contributed by atoms with Crippen molar-refractivity contribution in [2.45, 2.75) is 112 Å². The van der Waals surface area contributed by atoms with Crippen molar-refractivity contribution >= 4 is 23.1 Å². The summed E-state index contributed by atoms with van der Waals surface area (Å²) in [6.07, 6.45) is 5.69. The Balaban J connectivity index is 1.95. The van der Waals surface area contributed by atoms with E-state index in [1.54, 1.807) is 0 Å². The Bertz CT molecular complexity index is 1230. The van der Waals surface area contributed by atoms with Crippen LogP contribution in [0.2, 0.25) is 0 Å². The van der Waals surface area contributed by atoms with Crippen molar-refractivity contribution < 1.29 is 19.2 Å². The van der Waals surface area contributed by atoms with Crippen molar-refractivity contribution in [2.75, 3.05) is 0 Å². The van der Waals surface area contributed by atoms with E-state index >= 15 is 0 Å². The van der Waals surface area contributed by atoms with Gasteiger partial charge in [0.1, 0.15) is 11.6 Å². The molecule has 4 nitrogen and oxygen atoms in total. The van der Waals surface area contributed by atoms with Crippen molar-refractivity contribution in [3.63, 3.8) is 0 Å². The van der Waals surface area contributed by atoms with Crippen LogP contribution in [0.25, 0.3) is 0 Å². The molecule has 0 N–H and O–H groups in total. The fraction of sp³-hybridized carbons (Fsp3) is 0.556. The Morgan fingerprint density at radius 1 is 1.02 bits per heavy atom. The van der Waals surface area contributed by atoms with Crippen LogP contribution in [0.3, 0.4) is 0 Å². The van der Waals surface area contributed by atoms with Gasteiger partial charge in [-0.1, -0.05) is 83.9 Å². The standard InChI is InChI=1S/C36H48O4/c1-8-13-27(29(9-2)33(39)18-23(3)37)19-25-20-30-28(16-17-32(38)26-14-11-10-12-15-26)22-31(36(5,6)7)24(4)35(30)34(40)21-25/h10-12,14-15,22,25,27,29H,8-9,13,16-21H2,1-7H3. The molecule has 0 fully saturated rings. The van der Waals surface area contributed by atoms with E-state index in [1.807, 2.05) is 37.3 Å². The molecule has 3 rings (SSSR count). The van der Waals surface area contributed by atoms with E-state index in [4.69, 9.17) is 0 Å². The highest BCUT2D eigenvalue weighted by Crippen LogP contribution is 2.40. The first kappa shape index (κ1) is 31.6. The molecule has 3 atom stereocenters. The number of benzene rings is 2. The number of rotatable bonds is 13. The lowest BCUT2D eigenvalue weighted by atomic mass is 9.69. The Morgan fingerprint density at radius 3 is 2.27 bits per heavy atom. The molecule has 0 aliphatic heterocycles. The number of fused-ring (bicyclic) bond motifs is 1. The maximum Gasteiger partial charge on any atom is 0.163 e. The monoisotopic (exact) mass is 544 g/mol. The quantitative estimate of drug-likeness (QED) is 0.188. The maximum atomic E-state index is 13.8. The van der Waals surface area contributed by atoms with E-state index in [-0.39, 0.29) is 52.7 Å². The molecule has 3 unspecified atom stereocenters. The second kappa shape index (κ2) is 13.7. The third kappa shape index (κ3) is 7.65. The van der Waals surface area contributed by atoms with E-state index in [0.717, 1.165) is 59.9 Å². The van der Waals surface area contributed by atoms with Gasteiger partial charge in [0.15, 0.2) is 11.6 Å². The second-order valence-electron chi connectivity index (χ2n) is 12.9. The Hall–Kier alpha value is -2.88. The molecular weight excluding hydrogens is 496 g/mol. The van der Waals surface area contributed by atoms with Gasteiger partial charge in [0.25, 0.3) is 0 Å². The molecule has 0 spiro atoms. The summed E-state index contributed by atoms with van der Waals surface area (Å²) in [4.78, 5) is 51.5. The first-order valence-corrected chi connectivity index (χ1v) is 15.2. The van der Waals surface area contributed by atoms with Gasteiger partial charge in [0.2, 0.25) is 0 Å². The molecule has 216 valence electrons. The zero-order valence-corrected chi connectivity index (χ0v) is 25.7. The first-order chi connectivity index (χ1) is 18.9. The van der Waals surface area contributed by atoms with E-state index in [9.17, 15) is 19.2 Å². The predicted octanol–water partition coefficient (Wildman–Crippen LogP) is 8.23. The minimum Gasteiger partial charge on any atom is -0.300 e. The van der Waals surface area contributed by atoms with Gasteiger partial charge < -0.3 is 0 Å². The van der Waals surface area contributed by atoms with Gasteiger partial charge in [-0.15, -0.1) is 0 Å². The van der Waals surface area contributed by atoms with Gasteiger partial charge >= 0.3 is 0 Å². The molecule has 4 heteroatoms. The lowest BCUT2D eigenvalue weighted by molar-refractivity contribution is -0.129. The smallest absolute Gasteiger partial charge is 0.163 e. The first-order valence-electron chi connectivity index (χ1n) is 15.2.